The summed E-state index contributed by atoms with van der Waals surface area (Å²) in [6.07, 6.45) is 0. The number of carbonyl (C=O) groups is 2. The Hall–Kier alpha value is -3.33. The smallest absolute Gasteiger partial charge is 0.338 e. The summed E-state index contributed by atoms with van der Waals surface area (Å²) in [6.45, 7) is 1.09. The maximum absolute atomic E-state index is 12.2. The van der Waals surface area contributed by atoms with E-state index in [1.54, 1.807) is 6.92 Å². The fourth-order valence-electron chi connectivity index (χ4n) is 2.29. The van der Waals surface area contributed by atoms with Gasteiger partial charge in [-0.15, -0.1) is 0 Å². The number of rotatable bonds is 7. The number of non-ortho nitro benzene ring substituents is 1. The van der Waals surface area contributed by atoms with Crippen molar-refractivity contribution >= 4 is 34.9 Å². The first-order chi connectivity index (χ1) is 13.3. The average Bonchev–Trinajstić information content (AvgIpc) is 2.66. The number of nitro groups is 1. The van der Waals surface area contributed by atoms with Crippen molar-refractivity contribution in [2.45, 2.75) is 6.92 Å². The zero-order valence-corrected chi connectivity index (χ0v) is 16.0. The van der Waals surface area contributed by atoms with Crippen LogP contribution in [0.1, 0.15) is 15.9 Å². The summed E-state index contributed by atoms with van der Waals surface area (Å²) in [5.74, 6) is -0.949. The Kier molecular flexibility index (Phi) is 6.78. The fourth-order valence-corrected chi connectivity index (χ4v) is 2.58. The van der Waals surface area contributed by atoms with Gasteiger partial charge in [-0.05, 0) is 24.6 Å². The van der Waals surface area contributed by atoms with Crippen molar-refractivity contribution < 1.29 is 28.7 Å². The molecule has 0 radical (unpaired) electrons. The van der Waals surface area contributed by atoms with Gasteiger partial charge < -0.3 is 19.5 Å². The summed E-state index contributed by atoms with van der Waals surface area (Å²) in [5.41, 5.74) is 0.779. The molecule has 0 saturated carbocycles. The summed E-state index contributed by atoms with van der Waals surface area (Å²) in [4.78, 5) is 34.5. The number of ether oxygens (including phenoxy) is 3. The van der Waals surface area contributed by atoms with Gasteiger partial charge in [0, 0.05) is 12.1 Å². The molecule has 0 heterocycles. The molecule has 9 nitrogen and oxygen atoms in total. The number of carbonyl (C=O) groups excluding carboxylic acids is 2. The Balaban J connectivity index is 2.05. The van der Waals surface area contributed by atoms with Crippen molar-refractivity contribution in [3.63, 3.8) is 0 Å². The molecule has 0 unspecified atom stereocenters. The summed E-state index contributed by atoms with van der Waals surface area (Å²) in [5, 5.41) is 13.5. The first kappa shape index (κ1) is 21.0. The molecule has 2 rings (SSSR count). The number of nitrogens with one attached hydrogen (secondary N) is 1. The number of esters is 1. The Morgan fingerprint density at radius 1 is 1.18 bits per heavy atom. The molecule has 0 atom stereocenters. The van der Waals surface area contributed by atoms with Gasteiger partial charge in [0.05, 0.1) is 35.4 Å². The monoisotopic (exact) mass is 408 g/mol. The van der Waals surface area contributed by atoms with Crippen molar-refractivity contribution in [1.82, 2.24) is 0 Å². The largest absolute Gasteiger partial charge is 0.493 e. The second-order valence-electron chi connectivity index (χ2n) is 5.57. The van der Waals surface area contributed by atoms with Crippen LogP contribution in [0.4, 0.5) is 11.4 Å². The fraction of sp³-hybridized carbons (Fsp3) is 0.222. The number of hydrogen-bond donors (Lipinski definition) is 1. The van der Waals surface area contributed by atoms with Crippen LogP contribution in [0.2, 0.25) is 5.02 Å². The van der Waals surface area contributed by atoms with Crippen LogP contribution >= 0.6 is 11.6 Å². The van der Waals surface area contributed by atoms with Crippen LogP contribution in [0.15, 0.2) is 30.3 Å². The van der Waals surface area contributed by atoms with Gasteiger partial charge in [0.2, 0.25) is 0 Å². The summed E-state index contributed by atoms with van der Waals surface area (Å²) in [6, 6.07) is 6.75. The molecule has 2 aromatic rings. The van der Waals surface area contributed by atoms with E-state index >= 15 is 0 Å². The lowest BCUT2D eigenvalue weighted by atomic mass is 10.2. The van der Waals surface area contributed by atoms with Gasteiger partial charge in [0.15, 0.2) is 18.1 Å². The Morgan fingerprint density at radius 2 is 1.89 bits per heavy atom. The number of anilines is 1. The maximum Gasteiger partial charge on any atom is 0.338 e. The third-order valence-corrected chi connectivity index (χ3v) is 3.99. The Bertz CT molecular complexity index is 930. The molecular weight excluding hydrogens is 392 g/mol. The molecule has 0 bridgehead atoms. The summed E-state index contributed by atoms with van der Waals surface area (Å²) in [7, 11) is 2.79. The molecule has 10 heteroatoms. The topological polar surface area (TPSA) is 117 Å². The molecule has 148 valence electrons. The molecule has 1 amide bonds. The van der Waals surface area contributed by atoms with Gasteiger partial charge in [-0.1, -0.05) is 17.7 Å². The van der Waals surface area contributed by atoms with E-state index in [1.165, 1.54) is 44.6 Å². The van der Waals surface area contributed by atoms with Gasteiger partial charge in [-0.2, -0.15) is 0 Å². The molecule has 0 saturated heterocycles. The lowest BCUT2D eigenvalue weighted by Crippen LogP contribution is -2.21. The van der Waals surface area contributed by atoms with E-state index in [2.05, 4.69) is 5.32 Å². The molecule has 2 aromatic carbocycles. The van der Waals surface area contributed by atoms with E-state index in [0.29, 0.717) is 5.56 Å². The number of methoxy groups -OCH3 is 2. The number of nitro benzene ring substituents is 1. The quantitative estimate of drug-likeness (QED) is 0.424. The zero-order chi connectivity index (χ0) is 20.8. The van der Waals surface area contributed by atoms with Crippen LogP contribution < -0.4 is 14.8 Å². The van der Waals surface area contributed by atoms with E-state index in [1.807, 2.05) is 0 Å². The molecule has 0 aliphatic carbocycles. The third kappa shape index (κ3) is 4.89. The number of nitrogens with zero attached hydrogens (tertiary/aromatic N) is 1. The minimum atomic E-state index is -0.797. The second-order valence-corrected chi connectivity index (χ2v) is 5.98. The van der Waals surface area contributed by atoms with Gasteiger partial charge in [0.25, 0.3) is 11.6 Å². The lowest BCUT2D eigenvalue weighted by molar-refractivity contribution is -0.384. The van der Waals surface area contributed by atoms with Gasteiger partial charge in [-0.25, -0.2) is 4.79 Å². The Labute approximate surface area is 165 Å². The molecule has 0 aromatic heterocycles. The molecule has 1 N–H and O–H groups in total. The zero-order valence-electron chi connectivity index (χ0n) is 15.3. The standard InChI is InChI=1S/C18H17ClN2O7/c1-10-4-5-12(21(24)25)8-14(10)20-16(22)9-28-18(23)11-6-13(19)17(27-3)15(7-11)26-2/h4-8H,9H2,1-3H3,(H,20,22). The van der Waals surface area contributed by atoms with Crippen molar-refractivity contribution in [1.29, 1.82) is 0 Å². The Morgan fingerprint density at radius 3 is 2.50 bits per heavy atom. The molecular formula is C18H17ClN2O7. The number of amides is 1. The predicted octanol–water partition coefficient (Wildman–Crippen LogP) is 3.37. The minimum Gasteiger partial charge on any atom is -0.493 e. The van der Waals surface area contributed by atoms with E-state index in [0.717, 1.165) is 0 Å². The van der Waals surface area contributed by atoms with E-state index in [-0.39, 0.29) is 33.5 Å². The van der Waals surface area contributed by atoms with Crippen LogP contribution in [0.25, 0.3) is 0 Å². The highest BCUT2D eigenvalue weighted by atomic mass is 35.5. The highest BCUT2D eigenvalue weighted by molar-refractivity contribution is 6.32. The normalized spacial score (nSPS) is 10.1. The SMILES string of the molecule is COc1cc(C(=O)OCC(=O)Nc2cc([N+](=O)[O-])ccc2C)cc(Cl)c1OC. The molecule has 0 aliphatic rings. The number of aryl methyl sites for hydroxylation is 1. The van der Waals surface area contributed by atoms with E-state index < -0.39 is 23.4 Å². The molecule has 0 spiro atoms. The number of hydrogen-bond acceptors (Lipinski definition) is 7. The van der Waals surface area contributed by atoms with Gasteiger partial charge in [-0.3, -0.25) is 14.9 Å². The number of halogens is 1. The third-order valence-electron chi connectivity index (χ3n) is 3.71. The van der Waals surface area contributed by atoms with Crippen LogP contribution in [-0.2, 0) is 9.53 Å². The van der Waals surface area contributed by atoms with Crippen LogP contribution in [0.3, 0.4) is 0 Å². The van der Waals surface area contributed by atoms with E-state index in [4.69, 9.17) is 25.8 Å². The van der Waals surface area contributed by atoms with Crippen molar-refractivity contribution in [2.75, 3.05) is 26.1 Å². The van der Waals surface area contributed by atoms with Crippen molar-refractivity contribution in [2.24, 2.45) is 0 Å². The molecule has 28 heavy (non-hydrogen) atoms. The first-order valence-corrected chi connectivity index (χ1v) is 8.28. The predicted molar refractivity (Wildman–Crippen MR) is 101 cm³/mol. The minimum absolute atomic E-state index is 0.0713. The van der Waals surface area contributed by atoms with Gasteiger partial charge >= 0.3 is 5.97 Å². The molecule has 0 fully saturated rings. The van der Waals surface area contributed by atoms with Crippen LogP contribution in [0.5, 0.6) is 11.5 Å². The second kappa shape index (κ2) is 9.05. The average molecular weight is 409 g/mol. The highest BCUT2D eigenvalue weighted by Gasteiger charge is 2.18. The van der Waals surface area contributed by atoms with Gasteiger partial charge in [0.1, 0.15) is 0 Å². The van der Waals surface area contributed by atoms with Crippen LogP contribution in [0, 0.1) is 17.0 Å². The van der Waals surface area contributed by atoms with E-state index in [9.17, 15) is 19.7 Å². The molecule has 0 aliphatic heterocycles. The first-order valence-electron chi connectivity index (χ1n) is 7.90. The summed E-state index contributed by atoms with van der Waals surface area (Å²) >= 11 is 6.04. The highest BCUT2D eigenvalue weighted by Crippen LogP contribution is 2.36. The summed E-state index contributed by atoms with van der Waals surface area (Å²) < 4.78 is 15.2. The lowest BCUT2D eigenvalue weighted by Gasteiger charge is -2.12. The maximum atomic E-state index is 12.2. The number of benzene rings is 2. The van der Waals surface area contributed by atoms with Crippen molar-refractivity contribution in [3.05, 3.63) is 56.6 Å². The van der Waals surface area contributed by atoms with Crippen molar-refractivity contribution in [3.8, 4) is 11.5 Å². The van der Waals surface area contributed by atoms with Crippen LogP contribution in [-0.4, -0.2) is 37.6 Å².